The van der Waals surface area contributed by atoms with Gasteiger partial charge in [0, 0.05) is 13.5 Å². The first-order valence-corrected chi connectivity index (χ1v) is 3.91. The fourth-order valence-electron chi connectivity index (χ4n) is 0.601. The molecule has 0 rings (SSSR count). The molecule has 64 valence electrons. The van der Waals surface area contributed by atoms with Crippen molar-refractivity contribution < 1.29 is 4.79 Å². The second kappa shape index (κ2) is 5.21. The normalized spacial score (nSPS) is 12.7. The monoisotopic (exact) mass is 174 g/mol. The van der Waals surface area contributed by atoms with Gasteiger partial charge in [-0.2, -0.15) is 0 Å². The van der Waals surface area contributed by atoms with E-state index in [1.165, 1.54) is 6.92 Å². The zero-order valence-electron chi connectivity index (χ0n) is 7.13. The topological polar surface area (TPSA) is 32.3 Å². The number of hydrogen-bond acceptors (Lipinski definition) is 3. The molecule has 0 aliphatic heterocycles. The summed E-state index contributed by atoms with van der Waals surface area (Å²) in [5.41, 5.74) is 0. The molecule has 0 aromatic carbocycles. The number of carbonyl (C=O) groups excluding carboxylic acids is 1. The number of nitrogens with one attached hydrogen (secondary N) is 1. The third kappa shape index (κ3) is 4.86. The zero-order valence-corrected chi connectivity index (χ0v) is 7.94. The van der Waals surface area contributed by atoms with E-state index >= 15 is 0 Å². The number of nitrogens with zero attached hydrogens (tertiary/aromatic N) is 1. The van der Waals surface area contributed by atoms with Crippen molar-refractivity contribution in [3.63, 3.8) is 0 Å². The number of amides is 1. The Labute approximate surface area is 72.8 Å². The van der Waals surface area contributed by atoms with E-state index in [9.17, 15) is 4.79 Å². The van der Waals surface area contributed by atoms with Crippen molar-refractivity contribution in [1.29, 1.82) is 0 Å². The van der Waals surface area contributed by atoms with Crippen LogP contribution in [0.25, 0.3) is 0 Å². The van der Waals surface area contributed by atoms with Gasteiger partial charge < -0.3 is 10.2 Å². The molecule has 0 spiro atoms. The largest absolute Gasteiger partial charge is 0.354 e. The van der Waals surface area contributed by atoms with Gasteiger partial charge in [0.15, 0.2) is 0 Å². The average Bonchev–Trinajstić information content (AvgIpc) is 1.87. The summed E-state index contributed by atoms with van der Waals surface area (Å²) in [5, 5.41) is 4.35. The van der Waals surface area contributed by atoms with Crippen LogP contribution in [0.2, 0.25) is 0 Å². The van der Waals surface area contributed by atoms with Gasteiger partial charge in [-0.1, -0.05) is 12.2 Å². The highest BCUT2D eigenvalue weighted by Crippen LogP contribution is 1.87. The van der Waals surface area contributed by atoms with Crippen LogP contribution in [0.5, 0.6) is 0 Å². The quantitative estimate of drug-likeness (QED) is 0.611. The summed E-state index contributed by atoms with van der Waals surface area (Å²) in [6.07, 6.45) is 0. The molecule has 0 aromatic rings. The molecule has 3 nitrogen and oxygen atoms in total. The van der Waals surface area contributed by atoms with E-state index in [0.29, 0.717) is 6.54 Å². The Morgan fingerprint density at radius 1 is 1.73 bits per heavy atom. The summed E-state index contributed by atoms with van der Waals surface area (Å²) in [4.78, 5) is 12.5. The maximum absolute atomic E-state index is 10.5. The van der Waals surface area contributed by atoms with Crippen molar-refractivity contribution in [2.75, 3.05) is 20.6 Å². The van der Waals surface area contributed by atoms with Gasteiger partial charge in [-0.25, -0.2) is 0 Å². The highest BCUT2D eigenvalue weighted by Gasteiger charge is 2.06. The Morgan fingerprint density at radius 3 is 2.55 bits per heavy atom. The fraction of sp³-hybridized carbons (Fsp3) is 0.714. The first kappa shape index (κ1) is 10.5. The molecule has 1 unspecified atom stereocenters. The number of hydrogen-bond donors (Lipinski definition) is 1. The summed E-state index contributed by atoms with van der Waals surface area (Å²) in [6, 6.07) is 0.147. The minimum atomic E-state index is -0.0197. The molecular formula is C7H14N2OS. The molecule has 0 saturated carbocycles. The molecule has 1 N–H and O–H groups in total. The van der Waals surface area contributed by atoms with Gasteiger partial charge in [-0.05, 0) is 19.5 Å². The van der Waals surface area contributed by atoms with Gasteiger partial charge in [0.2, 0.25) is 5.91 Å². The highest BCUT2D eigenvalue weighted by atomic mass is 32.1. The van der Waals surface area contributed by atoms with E-state index in [0.717, 1.165) is 0 Å². The SMILES string of the molecule is CC(=O)NCC(C=S)N(C)C. The van der Waals surface area contributed by atoms with E-state index in [1.54, 1.807) is 5.37 Å². The maximum Gasteiger partial charge on any atom is 0.216 e. The molecular weight excluding hydrogens is 160 g/mol. The third-order valence-corrected chi connectivity index (χ3v) is 1.69. The molecule has 0 radical (unpaired) electrons. The number of thiocarbonyl (C=S) groups is 1. The molecule has 0 heterocycles. The summed E-state index contributed by atoms with van der Waals surface area (Å²) in [6.45, 7) is 2.09. The van der Waals surface area contributed by atoms with Crippen LogP contribution >= 0.6 is 12.2 Å². The Hall–Kier alpha value is -0.480. The van der Waals surface area contributed by atoms with Gasteiger partial charge in [0.1, 0.15) is 0 Å². The summed E-state index contributed by atoms with van der Waals surface area (Å²) >= 11 is 4.78. The minimum absolute atomic E-state index is 0.0197. The van der Waals surface area contributed by atoms with Crippen molar-refractivity contribution >= 4 is 23.5 Å². The van der Waals surface area contributed by atoms with Gasteiger partial charge in [0.25, 0.3) is 0 Å². The van der Waals surface area contributed by atoms with Crippen molar-refractivity contribution in [3.05, 3.63) is 0 Å². The van der Waals surface area contributed by atoms with Crippen LogP contribution in [0.3, 0.4) is 0 Å². The van der Waals surface area contributed by atoms with Gasteiger partial charge in [-0.15, -0.1) is 0 Å². The van der Waals surface area contributed by atoms with Crippen LogP contribution in [0.1, 0.15) is 6.92 Å². The first-order chi connectivity index (χ1) is 5.07. The van der Waals surface area contributed by atoms with Crippen molar-refractivity contribution in [2.24, 2.45) is 0 Å². The second-order valence-electron chi connectivity index (χ2n) is 2.60. The molecule has 1 amide bonds. The molecule has 0 fully saturated rings. The van der Waals surface area contributed by atoms with E-state index in [4.69, 9.17) is 12.2 Å². The first-order valence-electron chi connectivity index (χ1n) is 3.44. The maximum atomic E-state index is 10.5. The lowest BCUT2D eigenvalue weighted by Gasteiger charge is -2.19. The van der Waals surface area contributed by atoms with Crippen LogP contribution in [0, 0.1) is 0 Å². The molecule has 1 atom stereocenters. The Bertz CT molecular complexity index is 147. The van der Waals surface area contributed by atoms with Crippen LogP contribution in [-0.2, 0) is 4.79 Å². The van der Waals surface area contributed by atoms with Crippen molar-refractivity contribution in [1.82, 2.24) is 10.2 Å². The summed E-state index contributed by atoms with van der Waals surface area (Å²) in [5.74, 6) is -0.0197. The predicted octanol–water partition coefficient (Wildman–Crippen LogP) is 0.0524. The third-order valence-electron chi connectivity index (χ3n) is 1.38. The lowest BCUT2D eigenvalue weighted by atomic mass is 10.3. The summed E-state index contributed by atoms with van der Waals surface area (Å²) < 4.78 is 0. The van der Waals surface area contributed by atoms with Gasteiger partial charge in [0.05, 0.1) is 6.04 Å². The number of carbonyl (C=O) groups is 1. The second-order valence-corrected chi connectivity index (χ2v) is 2.88. The van der Waals surface area contributed by atoms with Crippen LogP contribution in [0.4, 0.5) is 0 Å². The zero-order chi connectivity index (χ0) is 8.85. The van der Waals surface area contributed by atoms with E-state index in [-0.39, 0.29) is 11.9 Å². The number of likely N-dealkylation sites (N-methyl/N-ethyl adjacent to an activating group) is 1. The molecule has 0 bridgehead atoms. The molecule has 4 heteroatoms. The highest BCUT2D eigenvalue weighted by molar-refractivity contribution is 7.79. The smallest absolute Gasteiger partial charge is 0.216 e. The minimum Gasteiger partial charge on any atom is -0.354 e. The lowest BCUT2D eigenvalue weighted by molar-refractivity contribution is -0.119. The lowest BCUT2D eigenvalue weighted by Crippen LogP contribution is -2.40. The van der Waals surface area contributed by atoms with Crippen molar-refractivity contribution in [3.8, 4) is 0 Å². The molecule has 11 heavy (non-hydrogen) atoms. The van der Waals surface area contributed by atoms with Crippen LogP contribution in [-0.4, -0.2) is 42.9 Å². The van der Waals surface area contributed by atoms with Gasteiger partial charge in [-0.3, -0.25) is 4.79 Å². The Kier molecular flexibility index (Phi) is 4.98. The molecule has 0 saturated heterocycles. The summed E-state index contributed by atoms with van der Waals surface area (Å²) in [7, 11) is 3.85. The van der Waals surface area contributed by atoms with Gasteiger partial charge >= 0.3 is 0 Å². The van der Waals surface area contributed by atoms with Crippen molar-refractivity contribution in [2.45, 2.75) is 13.0 Å². The Morgan fingerprint density at radius 2 is 2.27 bits per heavy atom. The van der Waals surface area contributed by atoms with Crippen LogP contribution < -0.4 is 5.32 Å². The molecule has 0 aromatic heterocycles. The predicted molar refractivity (Wildman–Crippen MR) is 49.8 cm³/mol. The number of rotatable bonds is 4. The Balaban J connectivity index is 3.69. The van der Waals surface area contributed by atoms with Crippen LogP contribution in [0.15, 0.2) is 0 Å². The molecule has 0 aliphatic rings. The van der Waals surface area contributed by atoms with E-state index < -0.39 is 0 Å². The average molecular weight is 174 g/mol. The van der Waals surface area contributed by atoms with E-state index in [1.807, 2.05) is 19.0 Å². The molecule has 0 aliphatic carbocycles. The fourth-order valence-corrected chi connectivity index (χ4v) is 0.940. The standard InChI is InChI=1S/C7H14N2OS/c1-6(10)8-4-7(5-11)9(2)3/h5,7H,4H2,1-3H3,(H,8,10). The van der Waals surface area contributed by atoms with E-state index in [2.05, 4.69) is 5.32 Å².